The zero-order valence-corrected chi connectivity index (χ0v) is 8.84. The van der Waals surface area contributed by atoms with Gasteiger partial charge in [-0.15, -0.1) is 0 Å². The maximum absolute atomic E-state index is 11.7. The van der Waals surface area contributed by atoms with Crippen LogP contribution in [0.1, 0.15) is 26.7 Å². The van der Waals surface area contributed by atoms with Crippen LogP contribution < -0.4 is 5.32 Å². The van der Waals surface area contributed by atoms with Crippen LogP contribution in [0.5, 0.6) is 0 Å². The minimum absolute atomic E-state index is 0.0339. The van der Waals surface area contributed by atoms with Crippen LogP contribution in [0, 0.1) is 5.92 Å². The zero-order valence-electron chi connectivity index (χ0n) is 8.84. The molecule has 0 radical (unpaired) electrons. The summed E-state index contributed by atoms with van der Waals surface area (Å²) < 4.78 is 0. The van der Waals surface area contributed by atoms with Crippen LogP contribution in [0.4, 0.5) is 0 Å². The van der Waals surface area contributed by atoms with E-state index in [9.17, 15) is 4.79 Å². The van der Waals surface area contributed by atoms with Crippen molar-refractivity contribution < 1.29 is 4.79 Å². The van der Waals surface area contributed by atoms with Crippen molar-refractivity contribution in [2.75, 3.05) is 20.1 Å². The number of nitrogens with zero attached hydrogens (tertiary/aromatic N) is 1. The fraction of sp³-hybridized carbons (Fsp3) is 0.900. The highest BCUT2D eigenvalue weighted by Crippen LogP contribution is 2.16. The third-order valence-corrected chi connectivity index (χ3v) is 2.90. The molecule has 13 heavy (non-hydrogen) atoms. The molecule has 0 aromatic rings. The molecule has 76 valence electrons. The second-order valence-electron chi connectivity index (χ2n) is 4.02. The summed E-state index contributed by atoms with van der Waals surface area (Å²) in [5, 5.41) is 2.98. The van der Waals surface area contributed by atoms with E-state index in [-0.39, 0.29) is 11.9 Å². The summed E-state index contributed by atoms with van der Waals surface area (Å²) in [6.07, 6.45) is 2.31. The molecule has 1 fully saturated rings. The van der Waals surface area contributed by atoms with Gasteiger partial charge >= 0.3 is 0 Å². The fourth-order valence-electron chi connectivity index (χ4n) is 1.63. The molecule has 0 aromatic heterocycles. The van der Waals surface area contributed by atoms with Gasteiger partial charge in [-0.05, 0) is 32.7 Å². The molecule has 1 rings (SSSR count). The molecule has 0 aromatic carbocycles. The fourth-order valence-corrected chi connectivity index (χ4v) is 1.63. The number of carbonyl (C=O) groups excluding carboxylic acids is 1. The van der Waals surface area contributed by atoms with Crippen LogP contribution in [0.15, 0.2) is 0 Å². The Morgan fingerprint density at radius 1 is 1.46 bits per heavy atom. The van der Waals surface area contributed by atoms with Crippen LogP contribution in [-0.2, 0) is 4.79 Å². The lowest BCUT2D eigenvalue weighted by Gasteiger charge is -2.32. The Morgan fingerprint density at radius 2 is 2.00 bits per heavy atom. The molecule has 1 amide bonds. The molecule has 1 heterocycles. The van der Waals surface area contributed by atoms with Crippen molar-refractivity contribution in [3.8, 4) is 0 Å². The van der Waals surface area contributed by atoms with Gasteiger partial charge in [0.15, 0.2) is 0 Å². The SMILES string of the molecule is CN[C@@H](C)C(=O)N1CCC(C)CC1. The van der Waals surface area contributed by atoms with Crippen molar-refractivity contribution in [3.63, 3.8) is 0 Å². The van der Waals surface area contributed by atoms with E-state index in [0.29, 0.717) is 0 Å². The van der Waals surface area contributed by atoms with Gasteiger partial charge in [0.25, 0.3) is 0 Å². The molecule has 0 aliphatic carbocycles. The van der Waals surface area contributed by atoms with E-state index in [0.717, 1.165) is 31.8 Å². The highest BCUT2D eigenvalue weighted by Gasteiger charge is 2.22. The Morgan fingerprint density at radius 3 is 2.46 bits per heavy atom. The first kappa shape index (κ1) is 10.5. The Kier molecular flexibility index (Phi) is 3.72. The number of hydrogen-bond donors (Lipinski definition) is 1. The molecular weight excluding hydrogens is 164 g/mol. The van der Waals surface area contributed by atoms with Crippen molar-refractivity contribution in [2.24, 2.45) is 5.92 Å². The van der Waals surface area contributed by atoms with Crippen LogP contribution >= 0.6 is 0 Å². The van der Waals surface area contributed by atoms with Gasteiger partial charge in [-0.1, -0.05) is 6.92 Å². The van der Waals surface area contributed by atoms with Crippen molar-refractivity contribution >= 4 is 5.91 Å². The quantitative estimate of drug-likeness (QED) is 0.690. The molecular formula is C10H20N2O. The van der Waals surface area contributed by atoms with E-state index >= 15 is 0 Å². The van der Waals surface area contributed by atoms with Gasteiger partial charge in [0, 0.05) is 13.1 Å². The maximum atomic E-state index is 11.7. The smallest absolute Gasteiger partial charge is 0.239 e. The number of likely N-dealkylation sites (tertiary alicyclic amines) is 1. The predicted molar refractivity (Wildman–Crippen MR) is 53.5 cm³/mol. The largest absolute Gasteiger partial charge is 0.341 e. The lowest BCUT2D eigenvalue weighted by molar-refractivity contribution is -0.134. The number of nitrogens with one attached hydrogen (secondary N) is 1. The topological polar surface area (TPSA) is 32.3 Å². The molecule has 0 saturated carbocycles. The van der Waals surface area contributed by atoms with Gasteiger partial charge in [0.1, 0.15) is 0 Å². The first-order chi connectivity index (χ1) is 6.15. The van der Waals surface area contributed by atoms with Crippen LogP contribution in [-0.4, -0.2) is 37.0 Å². The molecule has 0 spiro atoms. The minimum atomic E-state index is -0.0339. The van der Waals surface area contributed by atoms with Crippen LogP contribution in [0.25, 0.3) is 0 Å². The summed E-state index contributed by atoms with van der Waals surface area (Å²) in [6, 6.07) is -0.0339. The molecule has 1 saturated heterocycles. The van der Waals surface area contributed by atoms with Gasteiger partial charge in [-0.25, -0.2) is 0 Å². The molecule has 1 N–H and O–H groups in total. The Hall–Kier alpha value is -0.570. The predicted octanol–water partition coefficient (Wildman–Crippen LogP) is 0.853. The van der Waals surface area contributed by atoms with Crippen molar-refractivity contribution in [1.82, 2.24) is 10.2 Å². The molecule has 1 aliphatic rings. The second kappa shape index (κ2) is 4.61. The second-order valence-corrected chi connectivity index (χ2v) is 4.02. The normalized spacial score (nSPS) is 21.6. The summed E-state index contributed by atoms with van der Waals surface area (Å²) in [4.78, 5) is 13.7. The number of rotatable bonds is 2. The lowest BCUT2D eigenvalue weighted by Crippen LogP contribution is -2.46. The average molecular weight is 184 g/mol. The highest BCUT2D eigenvalue weighted by atomic mass is 16.2. The summed E-state index contributed by atoms with van der Waals surface area (Å²) in [7, 11) is 1.83. The third-order valence-electron chi connectivity index (χ3n) is 2.90. The molecule has 3 nitrogen and oxygen atoms in total. The summed E-state index contributed by atoms with van der Waals surface area (Å²) >= 11 is 0. The van der Waals surface area contributed by atoms with E-state index in [1.54, 1.807) is 0 Å². The lowest BCUT2D eigenvalue weighted by atomic mass is 9.99. The first-order valence-corrected chi connectivity index (χ1v) is 5.11. The number of hydrogen-bond acceptors (Lipinski definition) is 2. The number of carbonyl (C=O) groups is 1. The summed E-state index contributed by atoms with van der Waals surface area (Å²) in [5.41, 5.74) is 0. The van der Waals surface area contributed by atoms with Crippen molar-refractivity contribution in [2.45, 2.75) is 32.7 Å². The minimum Gasteiger partial charge on any atom is -0.341 e. The number of likely N-dealkylation sites (N-methyl/N-ethyl adjacent to an activating group) is 1. The van der Waals surface area contributed by atoms with Gasteiger partial charge < -0.3 is 10.2 Å². The first-order valence-electron chi connectivity index (χ1n) is 5.11. The Bertz CT molecular complexity index is 174. The maximum Gasteiger partial charge on any atom is 0.239 e. The zero-order chi connectivity index (χ0) is 9.84. The molecule has 3 heteroatoms. The van der Waals surface area contributed by atoms with Crippen molar-refractivity contribution in [3.05, 3.63) is 0 Å². The van der Waals surface area contributed by atoms with E-state index in [1.165, 1.54) is 0 Å². The van der Waals surface area contributed by atoms with Gasteiger partial charge in [-0.3, -0.25) is 4.79 Å². The van der Waals surface area contributed by atoms with Gasteiger partial charge in [0.05, 0.1) is 6.04 Å². The van der Waals surface area contributed by atoms with E-state index in [4.69, 9.17) is 0 Å². The van der Waals surface area contributed by atoms with Crippen molar-refractivity contribution in [1.29, 1.82) is 0 Å². The number of piperidine rings is 1. The standard InChI is InChI=1S/C10H20N2O/c1-8-4-6-12(7-5-8)10(13)9(2)11-3/h8-9,11H,4-7H2,1-3H3/t9-/m0/s1. The van der Waals surface area contributed by atoms with Crippen LogP contribution in [0.2, 0.25) is 0 Å². The Balaban J connectivity index is 2.40. The monoisotopic (exact) mass is 184 g/mol. The summed E-state index contributed by atoms with van der Waals surface area (Å²) in [6.45, 7) is 6.04. The number of amides is 1. The van der Waals surface area contributed by atoms with E-state index in [2.05, 4.69) is 12.2 Å². The highest BCUT2D eigenvalue weighted by molar-refractivity contribution is 5.81. The molecule has 1 atom stereocenters. The van der Waals surface area contributed by atoms with E-state index in [1.807, 2.05) is 18.9 Å². The van der Waals surface area contributed by atoms with Gasteiger partial charge in [0.2, 0.25) is 5.91 Å². The molecule has 1 aliphatic heterocycles. The molecule has 0 unspecified atom stereocenters. The average Bonchev–Trinajstić information content (AvgIpc) is 2.17. The molecule has 0 bridgehead atoms. The summed E-state index contributed by atoms with van der Waals surface area (Å²) in [5.74, 6) is 1.03. The third kappa shape index (κ3) is 2.69. The van der Waals surface area contributed by atoms with E-state index < -0.39 is 0 Å². The Labute approximate surface area is 80.5 Å². The van der Waals surface area contributed by atoms with Crippen LogP contribution in [0.3, 0.4) is 0 Å². The van der Waals surface area contributed by atoms with Gasteiger partial charge in [-0.2, -0.15) is 0 Å².